The number of alkyl halides is 3. The summed E-state index contributed by atoms with van der Waals surface area (Å²) in [5.41, 5.74) is 1.27. The van der Waals surface area contributed by atoms with Crippen molar-refractivity contribution in [1.82, 2.24) is 9.80 Å². The molecule has 2 aliphatic heterocycles. The van der Waals surface area contributed by atoms with Crippen LogP contribution in [-0.4, -0.2) is 52.7 Å². The molecule has 166 valence electrons. The third kappa shape index (κ3) is 4.54. The van der Waals surface area contributed by atoms with Crippen LogP contribution in [0.15, 0.2) is 42.5 Å². The van der Waals surface area contributed by atoms with Gasteiger partial charge in [0.1, 0.15) is 6.17 Å². The van der Waals surface area contributed by atoms with Crippen molar-refractivity contribution >= 4 is 5.91 Å². The van der Waals surface area contributed by atoms with Crippen molar-refractivity contribution in [3.05, 3.63) is 65.0 Å². The second-order valence-electron chi connectivity index (χ2n) is 8.25. The summed E-state index contributed by atoms with van der Waals surface area (Å²) in [6, 6.07) is 9.72. The Kier molecular flexibility index (Phi) is 6.18. The van der Waals surface area contributed by atoms with Gasteiger partial charge in [-0.1, -0.05) is 24.3 Å². The first-order valence-corrected chi connectivity index (χ1v) is 10.4. The van der Waals surface area contributed by atoms with Gasteiger partial charge in [0.15, 0.2) is 0 Å². The smallest absolute Gasteiger partial charge is 0.290 e. The van der Waals surface area contributed by atoms with Crippen LogP contribution in [-0.2, 0) is 11.3 Å². The summed E-state index contributed by atoms with van der Waals surface area (Å²) in [6.45, 7) is 1.51. The lowest BCUT2D eigenvalue weighted by atomic mass is 9.87. The van der Waals surface area contributed by atoms with Crippen molar-refractivity contribution in [2.45, 2.75) is 43.9 Å². The van der Waals surface area contributed by atoms with Gasteiger partial charge in [-0.2, -0.15) is 4.39 Å². The van der Waals surface area contributed by atoms with Crippen LogP contribution in [0.3, 0.4) is 0 Å². The van der Waals surface area contributed by atoms with Gasteiger partial charge >= 0.3 is 0 Å². The second-order valence-corrected chi connectivity index (χ2v) is 8.25. The average molecular weight is 437 g/mol. The Balaban J connectivity index is 1.36. The van der Waals surface area contributed by atoms with Crippen molar-refractivity contribution in [2.24, 2.45) is 0 Å². The number of nitrogens with zero attached hydrogens (tertiary/aromatic N) is 2. The first kappa shape index (κ1) is 21.6. The largest absolute Gasteiger partial charge is 0.591 e. The highest BCUT2D eigenvalue weighted by Gasteiger charge is 2.40. The lowest BCUT2D eigenvalue weighted by Crippen LogP contribution is -2.49. The zero-order valence-corrected chi connectivity index (χ0v) is 16.9. The minimum Gasteiger partial charge on any atom is -0.591 e. The molecule has 0 saturated carbocycles. The standard InChI is InChI=1S/C23H24F4N2O2/c24-18-11-16(5-6-21(18)30)17-7-9-28(13-19(17)25)20-8-10-29(23(20)31)12-14-1-3-15(4-2-14)22(26)27/h1-6,11,17,19-20,22,30H,7-10,12-13H2/p+1/t17-,19+,20+/m0/s1. The fourth-order valence-corrected chi connectivity index (χ4v) is 4.56. The lowest BCUT2D eigenvalue weighted by Gasteiger charge is -2.37. The van der Waals surface area contributed by atoms with Crippen molar-refractivity contribution in [3.63, 3.8) is 0 Å². The van der Waals surface area contributed by atoms with E-state index in [1.54, 1.807) is 23.1 Å². The topological polar surface area (TPSA) is 46.5 Å². The van der Waals surface area contributed by atoms with Crippen LogP contribution in [0.2, 0.25) is 0 Å². The Bertz CT molecular complexity index is 938. The molecule has 3 atom stereocenters. The van der Waals surface area contributed by atoms with Gasteiger partial charge < -0.3 is 10.0 Å². The molecule has 0 unspecified atom stereocenters. The molecule has 0 radical (unpaired) electrons. The summed E-state index contributed by atoms with van der Waals surface area (Å²) in [5.74, 6) is -1.40. The zero-order chi connectivity index (χ0) is 22.1. The van der Waals surface area contributed by atoms with Gasteiger partial charge in [0.05, 0.1) is 6.04 Å². The maximum atomic E-state index is 14.9. The molecule has 2 aromatic rings. The Morgan fingerprint density at radius 1 is 1.06 bits per heavy atom. The van der Waals surface area contributed by atoms with Crippen molar-refractivity contribution in [2.75, 3.05) is 19.6 Å². The van der Waals surface area contributed by atoms with E-state index in [9.17, 15) is 22.4 Å². The van der Waals surface area contributed by atoms with E-state index in [0.717, 1.165) is 5.56 Å². The maximum Gasteiger partial charge on any atom is 0.290 e. The van der Waals surface area contributed by atoms with Gasteiger partial charge in [0.2, 0.25) is 11.7 Å². The molecule has 0 aliphatic carbocycles. The molecule has 0 aromatic heterocycles. The number of carbonyl (C=O) groups excluding carboxylic acids is 1. The van der Waals surface area contributed by atoms with Gasteiger partial charge in [0, 0.05) is 37.2 Å². The Hall–Kier alpha value is -2.61. The van der Waals surface area contributed by atoms with Crippen molar-refractivity contribution in [1.29, 1.82) is 0 Å². The lowest BCUT2D eigenvalue weighted by molar-refractivity contribution is -0.133. The fourth-order valence-electron chi connectivity index (χ4n) is 4.56. The molecule has 4 rings (SSSR count). The predicted octanol–water partition coefficient (Wildman–Crippen LogP) is 4.13. The number of hydrogen-bond donors (Lipinski definition) is 0. The quantitative estimate of drug-likeness (QED) is 0.522. The van der Waals surface area contributed by atoms with E-state index in [0.29, 0.717) is 38.0 Å². The van der Waals surface area contributed by atoms with Crippen LogP contribution in [0.1, 0.15) is 41.9 Å². The van der Waals surface area contributed by atoms with E-state index in [1.165, 1.54) is 24.3 Å². The summed E-state index contributed by atoms with van der Waals surface area (Å²) >= 11 is 0. The molecule has 8 heteroatoms. The van der Waals surface area contributed by atoms with E-state index >= 15 is 0 Å². The van der Waals surface area contributed by atoms with Gasteiger partial charge in [0.25, 0.3) is 12.2 Å². The first-order valence-electron chi connectivity index (χ1n) is 10.4. The maximum absolute atomic E-state index is 14.9. The van der Waals surface area contributed by atoms with Crippen molar-refractivity contribution < 1.29 is 27.5 Å². The highest BCUT2D eigenvalue weighted by Crippen LogP contribution is 2.34. The van der Waals surface area contributed by atoms with E-state index < -0.39 is 30.4 Å². The summed E-state index contributed by atoms with van der Waals surface area (Å²) in [4.78, 5) is 16.4. The number of benzene rings is 2. The number of piperidine rings is 1. The Morgan fingerprint density at radius 2 is 1.81 bits per heavy atom. The van der Waals surface area contributed by atoms with Gasteiger partial charge in [-0.05, 0) is 42.6 Å². The summed E-state index contributed by atoms with van der Waals surface area (Å²) < 4.78 is 54.1. The number of carbonyl (C=O) groups is 1. The van der Waals surface area contributed by atoms with E-state index in [4.69, 9.17) is 5.11 Å². The SMILES string of the molecule is O=C1[C@H](N2CC[C@@H](c3ccc([OH2+])c(F)c3)[C@H](F)C2)CCN1Cc1ccc(C(F)F)cc1. The molecule has 2 N–H and O–H groups in total. The van der Waals surface area contributed by atoms with Crippen LogP contribution < -0.4 is 0 Å². The summed E-state index contributed by atoms with van der Waals surface area (Å²) in [5, 5.41) is 7.42. The van der Waals surface area contributed by atoms with Crippen LogP contribution >= 0.6 is 0 Å². The minimum atomic E-state index is -2.52. The van der Waals surface area contributed by atoms with Gasteiger partial charge in [-0.15, -0.1) is 0 Å². The molecule has 0 spiro atoms. The number of amides is 1. The highest BCUT2D eigenvalue weighted by molar-refractivity contribution is 5.84. The van der Waals surface area contributed by atoms with Crippen LogP contribution in [0.4, 0.5) is 17.6 Å². The first-order chi connectivity index (χ1) is 14.8. The number of likely N-dealkylation sites (tertiary alicyclic amines) is 2. The molecule has 4 nitrogen and oxygen atoms in total. The molecule has 1 amide bonds. The van der Waals surface area contributed by atoms with E-state index in [-0.39, 0.29) is 23.8 Å². The molecule has 2 saturated heterocycles. The molecule has 31 heavy (non-hydrogen) atoms. The molecule has 2 heterocycles. The molecular weight excluding hydrogens is 412 g/mol. The highest BCUT2D eigenvalue weighted by atomic mass is 19.3. The third-order valence-electron chi connectivity index (χ3n) is 6.31. The van der Waals surface area contributed by atoms with Crippen molar-refractivity contribution in [3.8, 4) is 5.75 Å². The molecule has 2 fully saturated rings. The second kappa shape index (κ2) is 8.86. The van der Waals surface area contributed by atoms with Crippen LogP contribution in [0.25, 0.3) is 0 Å². The zero-order valence-electron chi connectivity index (χ0n) is 16.9. The number of halogens is 4. The van der Waals surface area contributed by atoms with Crippen LogP contribution in [0.5, 0.6) is 5.75 Å². The molecule has 2 aromatic carbocycles. The van der Waals surface area contributed by atoms with Gasteiger partial charge in [-0.3, -0.25) is 9.69 Å². The normalized spacial score (nSPS) is 24.9. The minimum absolute atomic E-state index is 0.0523. The Labute approximate surface area is 178 Å². The predicted molar refractivity (Wildman–Crippen MR) is 109 cm³/mol. The summed E-state index contributed by atoms with van der Waals surface area (Å²) in [7, 11) is 0. The number of rotatable bonds is 5. The third-order valence-corrected chi connectivity index (χ3v) is 6.31. The van der Waals surface area contributed by atoms with Crippen LogP contribution in [0, 0.1) is 5.82 Å². The van der Waals surface area contributed by atoms with Gasteiger partial charge in [-0.25, -0.2) is 13.2 Å². The van der Waals surface area contributed by atoms with E-state index in [1.807, 2.05) is 4.90 Å². The number of hydrogen-bond acceptors (Lipinski definition) is 2. The average Bonchev–Trinajstić information content (AvgIpc) is 3.10. The molecule has 0 bridgehead atoms. The monoisotopic (exact) mass is 437 g/mol. The molecular formula is C23H25F4N2O2+. The summed E-state index contributed by atoms with van der Waals surface area (Å²) in [6.07, 6.45) is -2.69. The van der Waals surface area contributed by atoms with E-state index in [2.05, 4.69) is 0 Å². The Morgan fingerprint density at radius 3 is 2.45 bits per heavy atom. The fraction of sp³-hybridized carbons (Fsp3) is 0.435. The molecule has 2 aliphatic rings.